The lowest BCUT2D eigenvalue weighted by molar-refractivity contribution is -0.121. The van der Waals surface area contributed by atoms with Gasteiger partial charge in [0.05, 0.1) is 23.2 Å². The van der Waals surface area contributed by atoms with E-state index in [0.717, 1.165) is 0 Å². The quantitative estimate of drug-likeness (QED) is 0.829. The van der Waals surface area contributed by atoms with Crippen LogP contribution in [-0.4, -0.2) is 52.0 Å². The lowest BCUT2D eigenvalue weighted by Gasteiger charge is -2.35. The van der Waals surface area contributed by atoms with Gasteiger partial charge in [-0.15, -0.1) is 0 Å². The predicted octanol–water partition coefficient (Wildman–Crippen LogP) is 2.03. The Balaban J connectivity index is 1.57. The Morgan fingerprint density at radius 2 is 1.93 bits per heavy atom. The van der Waals surface area contributed by atoms with E-state index >= 15 is 0 Å². The normalized spacial score (nSPS) is 26.9. The first-order valence-corrected chi connectivity index (χ1v) is 9.63. The Morgan fingerprint density at radius 3 is 2.64 bits per heavy atom. The average Bonchev–Trinajstić information content (AvgIpc) is 3.02. The number of nitrogens with one attached hydrogen (secondary N) is 1. The van der Waals surface area contributed by atoms with Crippen molar-refractivity contribution in [1.29, 1.82) is 0 Å². The van der Waals surface area contributed by atoms with E-state index < -0.39 is 6.10 Å². The van der Waals surface area contributed by atoms with Crippen molar-refractivity contribution in [2.24, 2.45) is 11.8 Å². The largest absolute Gasteiger partial charge is 0.391 e. The third-order valence-corrected chi connectivity index (χ3v) is 5.95. The summed E-state index contributed by atoms with van der Waals surface area (Å²) in [6.07, 6.45) is 0.643. The minimum Gasteiger partial charge on any atom is -0.391 e. The maximum atomic E-state index is 13.6. The molecule has 28 heavy (non-hydrogen) atoms. The van der Waals surface area contributed by atoms with E-state index in [1.807, 2.05) is 4.90 Å². The number of carbonyl (C=O) groups excluding carboxylic acids is 2. The van der Waals surface area contributed by atoms with Crippen molar-refractivity contribution in [2.75, 3.05) is 13.1 Å². The van der Waals surface area contributed by atoms with Gasteiger partial charge in [0.1, 0.15) is 5.82 Å². The highest BCUT2D eigenvalue weighted by atomic mass is 19.1. The number of carbonyl (C=O) groups is 2. The smallest absolute Gasteiger partial charge is 0.254 e. The summed E-state index contributed by atoms with van der Waals surface area (Å²) in [5.41, 5.74) is 1.67. The minimum absolute atomic E-state index is 0.0953. The number of rotatable bonds is 2. The Hall–Kier alpha value is -2.54. The number of benzene rings is 1. The van der Waals surface area contributed by atoms with Gasteiger partial charge in [-0.1, -0.05) is 0 Å². The van der Waals surface area contributed by atoms with Crippen molar-refractivity contribution < 1.29 is 19.1 Å². The molecule has 0 bridgehead atoms. The number of hydrogen-bond donors (Lipinski definition) is 2. The maximum Gasteiger partial charge on any atom is 0.254 e. The van der Waals surface area contributed by atoms with Crippen molar-refractivity contribution in [3.05, 3.63) is 41.3 Å². The molecule has 0 spiro atoms. The van der Waals surface area contributed by atoms with E-state index in [1.165, 1.54) is 19.1 Å². The van der Waals surface area contributed by atoms with Crippen LogP contribution >= 0.6 is 0 Å². The summed E-state index contributed by atoms with van der Waals surface area (Å²) in [7, 11) is 0. The highest BCUT2D eigenvalue weighted by Crippen LogP contribution is 2.37. The number of fused-ring (bicyclic) bond motifs is 2. The fourth-order valence-corrected chi connectivity index (χ4v) is 4.69. The molecule has 7 heteroatoms. The Labute approximate surface area is 162 Å². The highest BCUT2D eigenvalue weighted by Gasteiger charge is 2.43. The minimum atomic E-state index is -0.591. The van der Waals surface area contributed by atoms with Gasteiger partial charge in [-0.2, -0.15) is 0 Å². The summed E-state index contributed by atoms with van der Waals surface area (Å²) < 4.78 is 13.6. The summed E-state index contributed by atoms with van der Waals surface area (Å²) in [6.45, 7) is 4.41. The molecule has 1 aliphatic carbocycles. The zero-order valence-electron chi connectivity index (χ0n) is 16.0. The summed E-state index contributed by atoms with van der Waals surface area (Å²) in [6, 6.07) is 5.77. The van der Waals surface area contributed by atoms with Crippen LogP contribution in [0, 0.1) is 24.6 Å². The molecule has 4 atom stereocenters. The monoisotopic (exact) mass is 385 g/mol. The van der Waals surface area contributed by atoms with Gasteiger partial charge in [0, 0.05) is 37.2 Å². The summed E-state index contributed by atoms with van der Waals surface area (Å²) in [5, 5.41) is 13.8. The predicted molar refractivity (Wildman–Crippen MR) is 102 cm³/mol. The highest BCUT2D eigenvalue weighted by molar-refractivity contribution is 6.06. The number of halogens is 1. The first-order valence-electron chi connectivity index (χ1n) is 9.63. The molecule has 2 N–H and O–H groups in total. The lowest BCUT2D eigenvalue weighted by Crippen LogP contribution is -2.48. The molecule has 2 aromatic rings. The number of aromatic nitrogens is 1. The van der Waals surface area contributed by atoms with Crippen molar-refractivity contribution in [1.82, 2.24) is 15.2 Å². The number of hydrogen-bond acceptors (Lipinski definition) is 4. The van der Waals surface area contributed by atoms with Crippen LogP contribution in [0.3, 0.4) is 0 Å². The summed E-state index contributed by atoms with van der Waals surface area (Å²) in [4.78, 5) is 30.8. The third-order valence-electron chi connectivity index (χ3n) is 5.95. The fraction of sp³-hybridized carbons (Fsp3) is 0.476. The zero-order valence-corrected chi connectivity index (χ0v) is 16.0. The zero-order chi connectivity index (χ0) is 20.0. The first kappa shape index (κ1) is 18.8. The van der Waals surface area contributed by atoms with Crippen molar-refractivity contribution in [3.63, 3.8) is 0 Å². The first-order chi connectivity index (χ1) is 13.3. The summed E-state index contributed by atoms with van der Waals surface area (Å²) >= 11 is 0. The molecule has 1 saturated heterocycles. The molecule has 0 radical (unpaired) electrons. The molecule has 0 unspecified atom stereocenters. The molecular formula is C21H24FN3O3. The molecule has 148 valence electrons. The van der Waals surface area contributed by atoms with Crippen LogP contribution in [0.1, 0.15) is 35.8 Å². The Kier molecular flexibility index (Phi) is 4.79. The molecule has 2 fully saturated rings. The maximum absolute atomic E-state index is 13.6. The molecule has 1 aromatic heterocycles. The van der Waals surface area contributed by atoms with Gasteiger partial charge in [0.15, 0.2) is 0 Å². The van der Waals surface area contributed by atoms with E-state index in [-0.39, 0.29) is 35.5 Å². The fourth-order valence-electron chi connectivity index (χ4n) is 4.69. The van der Waals surface area contributed by atoms with Gasteiger partial charge in [-0.25, -0.2) is 4.39 Å². The SMILES string of the molecule is CC(=O)N[C@@H]1C[C@@H]2CN(C(=O)c3cc(C)nc4cc(F)ccc34)C[C@@H]2C[C@H]1O. The van der Waals surface area contributed by atoms with Crippen molar-refractivity contribution in [3.8, 4) is 0 Å². The molecule has 2 amide bonds. The number of likely N-dealkylation sites (tertiary alicyclic amines) is 1. The third kappa shape index (κ3) is 3.46. The number of aliphatic hydroxyl groups is 1. The van der Waals surface area contributed by atoms with Gasteiger partial charge in [-0.3, -0.25) is 14.6 Å². The Bertz CT molecular complexity index is 943. The molecule has 4 rings (SSSR count). The second-order valence-corrected chi connectivity index (χ2v) is 8.05. The van der Waals surface area contributed by atoms with Crippen molar-refractivity contribution in [2.45, 2.75) is 38.8 Å². The van der Waals surface area contributed by atoms with Gasteiger partial charge >= 0.3 is 0 Å². The molecule has 6 nitrogen and oxygen atoms in total. The van der Waals surface area contributed by atoms with Crippen LogP contribution in [0.15, 0.2) is 24.3 Å². The number of amides is 2. The van der Waals surface area contributed by atoms with Crippen LogP contribution in [0.25, 0.3) is 10.9 Å². The van der Waals surface area contributed by atoms with E-state index in [9.17, 15) is 19.1 Å². The van der Waals surface area contributed by atoms with Crippen LogP contribution in [-0.2, 0) is 4.79 Å². The van der Waals surface area contributed by atoms with Gasteiger partial charge < -0.3 is 15.3 Å². The standard InChI is InChI=1S/C21H24FN3O3/c1-11-5-17(16-4-3-15(22)8-18(16)23-11)21(28)25-9-13-6-19(24-12(2)26)20(27)7-14(13)10-25/h3-5,8,13-14,19-20,27H,6-7,9-10H2,1-2H3,(H,24,26)/t13-,14+,19-,20-/m1/s1. The van der Waals surface area contributed by atoms with Gasteiger partial charge in [0.25, 0.3) is 5.91 Å². The van der Waals surface area contributed by atoms with Crippen LogP contribution in [0.2, 0.25) is 0 Å². The summed E-state index contributed by atoms with van der Waals surface area (Å²) in [5.74, 6) is -0.165. The number of aliphatic hydroxyl groups excluding tert-OH is 1. The molecule has 1 aliphatic heterocycles. The molecule has 1 saturated carbocycles. The molecule has 2 aliphatic rings. The second-order valence-electron chi connectivity index (χ2n) is 8.05. The lowest BCUT2D eigenvalue weighted by atomic mass is 9.77. The average molecular weight is 385 g/mol. The van der Waals surface area contributed by atoms with Gasteiger partial charge in [0.2, 0.25) is 5.91 Å². The van der Waals surface area contributed by atoms with E-state index in [0.29, 0.717) is 48.1 Å². The van der Waals surface area contributed by atoms with E-state index in [1.54, 1.807) is 19.1 Å². The molecular weight excluding hydrogens is 361 g/mol. The van der Waals surface area contributed by atoms with E-state index in [2.05, 4.69) is 10.3 Å². The Morgan fingerprint density at radius 1 is 1.21 bits per heavy atom. The second kappa shape index (κ2) is 7.13. The number of pyridine rings is 1. The molecule has 2 heterocycles. The van der Waals surface area contributed by atoms with Crippen LogP contribution in [0.5, 0.6) is 0 Å². The van der Waals surface area contributed by atoms with Crippen molar-refractivity contribution >= 4 is 22.7 Å². The van der Waals surface area contributed by atoms with Crippen LogP contribution in [0.4, 0.5) is 4.39 Å². The topological polar surface area (TPSA) is 82.5 Å². The molecule has 1 aromatic carbocycles. The van der Waals surface area contributed by atoms with Gasteiger partial charge in [-0.05, 0) is 49.8 Å². The number of aryl methyl sites for hydroxylation is 1. The number of nitrogens with zero attached hydrogens (tertiary/aromatic N) is 2. The van der Waals surface area contributed by atoms with Crippen LogP contribution < -0.4 is 5.32 Å². The van der Waals surface area contributed by atoms with E-state index in [4.69, 9.17) is 0 Å².